The lowest BCUT2D eigenvalue weighted by atomic mass is 10.1. The van der Waals surface area contributed by atoms with Crippen molar-refractivity contribution in [3.63, 3.8) is 0 Å². The standard InChI is InChI=1S/C22H23FN2O4S/c1-14-5-4-6-17(11-14)20-24-21(30(26,27)19-9-7-18(23)8-10-19)22(29-20)25-12-15(2)28-16(3)13-25/h4-11,15-16H,12-13H2,1-3H3. The van der Waals surface area contributed by atoms with Gasteiger partial charge in [-0.15, -0.1) is 0 Å². The Labute approximate surface area is 175 Å². The number of benzene rings is 2. The number of halogens is 1. The average Bonchev–Trinajstić information content (AvgIpc) is 3.14. The van der Waals surface area contributed by atoms with Crippen molar-refractivity contribution in [2.24, 2.45) is 0 Å². The van der Waals surface area contributed by atoms with Crippen molar-refractivity contribution in [1.29, 1.82) is 0 Å². The topological polar surface area (TPSA) is 72.6 Å². The second-order valence-electron chi connectivity index (χ2n) is 7.62. The van der Waals surface area contributed by atoms with Crippen LogP contribution in [-0.4, -0.2) is 38.7 Å². The minimum Gasteiger partial charge on any atom is -0.419 e. The maximum absolute atomic E-state index is 13.4. The van der Waals surface area contributed by atoms with E-state index in [1.54, 1.807) is 0 Å². The van der Waals surface area contributed by atoms with Gasteiger partial charge in [0, 0.05) is 18.7 Å². The van der Waals surface area contributed by atoms with Gasteiger partial charge in [-0.1, -0.05) is 17.7 Å². The number of sulfone groups is 1. The molecule has 0 aliphatic carbocycles. The fourth-order valence-electron chi connectivity index (χ4n) is 3.64. The molecule has 158 valence electrons. The molecule has 1 saturated heterocycles. The summed E-state index contributed by atoms with van der Waals surface area (Å²) in [4.78, 5) is 6.20. The number of rotatable bonds is 4. The van der Waals surface area contributed by atoms with E-state index in [1.807, 2.05) is 49.9 Å². The van der Waals surface area contributed by atoms with Crippen LogP contribution in [0.25, 0.3) is 11.5 Å². The summed E-state index contributed by atoms with van der Waals surface area (Å²) in [7, 11) is -4.02. The summed E-state index contributed by atoms with van der Waals surface area (Å²) in [5.74, 6) is -0.107. The van der Waals surface area contributed by atoms with E-state index in [0.717, 1.165) is 17.7 Å². The third-order valence-corrected chi connectivity index (χ3v) is 6.60. The van der Waals surface area contributed by atoms with Crippen molar-refractivity contribution in [2.75, 3.05) is 18.0 Å². The van der Waals surface area contributed by atoms with Crippen molar-refractivity contribution in [3.8, 4) is 11.5 Å². The number of hydrogen-bond donors (Lipinski definition) is 0. The summed E-state index contributed by atoms with van der Waals surface area (Å²) >= 11 is 0. The van der Waals surface area contributed by atoms with E-state index in [-0.39, 0.29) is 33.9 Å². The van der Waals surface area contributed by atoms with Crippen molar-refractivity contribution >= 4 is 15.7 Å². The molecule has 1 aliphatic rings. The van der Waals surface area contributed by atoms with Crippen molar-refractivity contribution in [2.45, 2.75) is 42.9 Å². The first-order valence-electron chi connectivity index (χ1n) is 9.73. The molecule has 4 rings (SSSR count). The number of ether oxygens (including phenoxy) is 1. The Balaban J connectivity index is 1.86. The SMILES string of the molecule is Cc1cccc(-c2nc(S(=O)(=O)c3ccc(F)cc3)c(N3CC(C)OC(C)C3)o2)c1. The van der Waals surface area contributed by atoms with Gasteiger partial charge in [0.2, 0.25) is 26.6 Å². The van der Waals surface area contributed by atoms with Crippen LogP contribution in [0.3, 0.4) is 0 Å². The lowest BCUT2D eigenvalue weighted by Crippen LogP contribution is -2.45. The van der Waals surface area contributed by atoms with Gasteiger partial charge >= 0.3 is 0 Å². The number of anilines is 1. The first kappa shape index (κ1) is 20.6. The molecule has 2 unspecified atom stereocenters. The van der Waals surface area contributed by atoms with Gasteiger partial charge in [0.05, 0.1) is 17.1 Å². The summed E-state index contributed by atoms with van der Waals surface area (Å²) in [5.41, 5.74) is 1.69. The highest BCUT2D eigenvalue weighted by atomic mass is 32.2. The normalized spacial score (nSPS) is 19.8. The van der Waals surface area contributed by atoms with E-state index < -0.39 is 15.7 Å². The van der Waals surface area contributed by atoms with Gasteiger partial charge in [-0.25, -0.2) is 12.8 Å². The predicted molar refractivity (Wildman–Crippen MR) is 111 cm³/mol. The van der Waals surface area contributed by atoms with Crippen LogP contribution in [0, 0.1) is 12.7 Å². The summed E-state index contributed by atoms with van der Waals surface area (Å²) in [6, 6.07) is 12.2. The molecule has 30 heavy (non-hydrogen) atoms. The van der Waals surface area contributed by atoms with Crippen LogP contribution in [0.4, 0.5) is 10.3 Å². The Hall–Kier alpha value is -2.71. The minimum absolute atomic E-state index is 0.0383. The lowest BCUT2D eigenvalue weighted by molar-refractivity contribution is -0.00657. The maximum atomic E-state index is 13.4. The van der Waals surface area contributed by atoms with Crippen LogP contribution >= 0.6 is 0 Å². The molecular weight excluding hydrogens is 407 g/mol. The Bertz CT molecular complexity index is 1150. The van der Waals surface area contributed by atoms with Gasteiger partial charge in [-0.05, 0) is 57.2 Å². The number of aromatic nitrogens is 1. The molecule has 0 amide bonds. The zero-order valence-corrected chi connectivity index (χ0v) is 17.8. The van der Waals surface area contributed by atoms with Gasteiger partial charge in [-0.2, -0.15) is 4.98 Å². The fraction of sp³-hybridized carbons (Fsp3) is 0.318. The van der Waals surface area contributed by atoms with Gasteiger partial charge in [0.1, 0.15) is 5.82 Å². The molecule has 0 N–H and O–H groups in total. The lowest BCUT2D eigenvalue weighted by Gasteiger charge is -2.35. The smallest absolute Gasteiger partial charge is 0.236 e. The van der Waals surface area contributed by atoms with E-state index in [2.05, 4.69) is 4.98 Å². The highest BCUT2D eigenvalue weighted by Gasteiger charge is 2.34. The highest BCUT2D eigenvalue weighted by Crippen LogP contribution is 2.36. The first-order valence-corrected chi connectivity index (χ1v) is 11.2. The molecule has 2 aromatic carbocycles. The average molecular weight is 431 g/mol. The third kappa shape index (κ3) is 3.97. The summed E-state index contributed by atoms with van der Waals surface area (Å²) in [6.07, 6.45) is -0.190. The van der Waals surface area contributed by atoms with Gasteiger partial charge in [0.15, 0.2) is 0 Å². The van der Waals surface area contributed by atoms with Gasteiger partial charge in [-0.3, -0.25) is 0 Å². The zero-order valence-electron chi connectivity index (χ0n) is 17.0. The number of hydrogen-bond acceptors (Lipinski definition) is 6. The molecule has 2 heterocycles. The molecule has 0 radical (unpaired) electrons. The molecule has 1 fully saturated rings. The number of nitrogens with zero attached hydrogens (tertiary/aromatic N) is 2. The molecule has 8 heteroatoms. The van der Waals surface area contributed by atoms with E-state index in [1.165, 1.54) is 12.1 Å². The summed E-state index contributed by atoms with van der Waals surface area (Å²) < 4.78 is 51.9. The summed E-state index contributed by atoms with van der Waals surface area (Å²) in [5, 5.41) is -0.174. The number of aryl methyl sites for hydroxylation is 1. The Morgan fingerprint density at radius 1 is 1.07 bits per heavy atom. The quantitative estimate of drug-likeness (QED) is 0.577. The van der Waals surface area contributed by atoms with Crippen LogP contribution < -0.4 is 4.90 Å². The van der Waals surface area contributed by atoms with Crippen LogP contribution in [0.5, 0.6) is 0 Å². The maximum Gasteiger partial charge on any atom is 0.236 e. The van der Waals surface area contributed by atoms with Crippen molar-refractivity contribution in [3.05, 3.63) is 59.9 Å². The van der Waals surface area contributed by atoms with Gasteiger partial charge in [0.25, 0.3) is 0 Å². The predicted octanol–water partition coefficient (Wildman–Crippen LogP) is 4.24. The molecule has 0 spiro atoms. The molecule has 6 nitrogen and oxygen atoms in total. The summed E-state index contributed by atoms with van der Waals surface area (Å²) in [6.45, 7) is 6.73. The van der Waals surface area contributed by atoms with Crippen LogP contribution in [0.15, 0.2) is 62.9 Å². The Morgan fingerprint density at radius 2 is 1.73 bits per heavy atom. The van der Waals surface area contributed by atoms with E-state index in [0.29, 0.717) is 18.7 Å². The van der Waals surface area contributed by atoms with Crippen molar-refractivity contribution in [1.82, 2.24) is 4.98 Å². The third-order valence-electron chi connectivity index (χ3n) is 4.93. The molecule has 1 aliphatic heterocycles. The van der Waals surface area contributed by atoms with E-state index >= 15 is 0 Å². The van der Waals surface area contributed by atoms with Crippen LogP contribution in [-0.2, 0) is 14.6 Å². The van der Waals surface area contributed by atoms with E-state index in [9.17, 15) is 12.8 Å². The monoisotopic (exact) mass is 430 g/mol. The van der Waals surface area contributed by atoms with Crippen LogP contribution in [0.2, 0.25) is 0 Å². The Morgan fingerprint density at radius 3 is 2.37 bits per heavy atom. The fourth-order valence-corrected chi connectivity index (χ4v) is 4.96. The second-order valence-corrected chi connectivity index (χ2v) is 9.48. The molecule has 1 aromatic heterocycles. The second kappa shape index (κ2) is 7.85. The minimum atomic E-state index is -4.02. The molecule has 3 aromatic rings. The zero-order chi connectivity index (χ0) is 21.5. The molecular formula is C22H23FN2O4S. The van der Waals surface area contributed by atoms with Gasteiger partial charge < -0.3 is 14.1 Å². The van der Waals surface area contributed by atoms with E-state index in [4.69, 9.17) is 9.15 Å². The highest BCUT2D eigenvalue weighted by molar-refractivity contribution is 7.91. The first-order chi connectivity index (χ1) is 14.2. The molecule has 0 bridgehead atoms. The largest absolute Gasteiger partial charge is 0.419 e. The van der Waals surface area contributed by atoms with Crippen LogP contribution in [0.1, 0.15) is 19.4 Å². The number of oxazole rings is 1. The van der Waals surface area contributed by atoms with Crippen molar-refractivity contribution < 1.29 is 22.0 Å². The number of morpholine rings is 1. The molecule has 0 saturated carbocycles. The Kier molecular flexibility index (Phi) is 5.38. The molecule has 2 atom stereocenters.